The molecule has 13 heavy (non-hydrogen) atoms. The first-order valence-corrected chi connectivity index (χ1v) is 5.89. The molecule has 1 heteroatoms. The molecule has 0 N–H and O–H groups in total. The van der Waals surface area contributed by atoms with E-state index in [1.54, 1.807) is 0 Å². The summed E-state index contributed by atoms with van der Waals surface area (Å²) in [5.74, 6) is 3.68. The molecule has 0 bridgehead atoms. The smallest absolute Gasteiger partial charge is 0.136 e. The van der Waals surface area contributed by atoms with E-state index in [9.17, 15) is 4.79 Å². The van der Waals surface area contributed by atoms with Crippen molar-refractivity contribution in [2.45, 2.75) is 44.9 Å². The number of rotatable bonds is 0. The molecule has 3 aliphatic carbocycles. The van der Waals surface area contributed by atoms with Gasteiger partial charge in [0.05, 0.1) is 0 Å². The third-order valence-electron chi connectivity index (χ3n) is 4.71. The predicted molar refractivity (Wildman–Crippen MR) is 51.3 cm³/mol. The lowest BCUT2D eigenvalue weighted by atomic mass is 9.69. The van der Waals surface area contributed by atoms with Gasteiger partial charge in [0, 0.05) is 12.3 Å². The van der Waals surface area contributed by atoms with E-state index in [0.717, 1.165) is 24.2 Å². The molecule has 0 heterocycles. The molecule has 4 atom stereocenters. The fourth-order valence-electron chi connectivity index (χ4n) is 4.19. The van der Waals surface area contributed by atoms with Gasteiger partial charge >= 0.3 is 0 Å². The molecule has 3 saturated carbocycles. The normalized spacial score (nSPS) is 49.1. The monoisotopic (exact) mass is 178 g/mol. The van der Waals surface area contributed by atoms with Crippen molar-refractivity contribution in [3.63, 3.8) is 0 Å². The molecule has 3 fully saturated rings. The topological polar surface area (TPSA) is 17.1 Å². The van der Waals surface area contributed by atoms with Gasteiger partial charge in [-0.25, -0.2) is 0 Å². The zero-order valence-corrected chi connectivity index (χ0v) is 8.17. The zero-order chi connectivity index (χ0) is 8.84. The highest BCUT2D eigenvalue weighted by Gasteiger charge is 2.47. The molecule has 0 radical (unpaired) electrons. The van der Waals surface area contributed by atoms with E-state index < -0.39 is 0 Å². The molecule has 0 unspecified atom stereocenters. The minimum atomic E-state index is 0.499. The fourth-order valence-corrected chi connectivity index (χ4v) is 4.19. The van der Waals surface area contributed by atoms with Gasteiger partial charge in [0.25, 0.3) is 0 Å². The molecule has 0 spiro atoms. The highest BCUT2D eigenvalue weighted by atomic mass is 16.1. The standard InChI is InChI=1S/C12H18O/c13-12-7-8-3-1-4-9(8)10-5-2-6-11(10)12/h8-11H,1-7H2/t8-,9-,10+,11-/m1/s1. The number of hydrogen-bond acceptors (Lipinski definition) is 1. The zero-order valence-electron chi connectivity index (χ0n) is 8.17. The second-order valence-corrected chi connectivity index (χ2v) is 5.23. The summed E-state index contributed by atoms with van der Waals surface area (Å²) in [5, 5.41) is 0. The van der Waals surface area contributed by atoms with Crippen molar-refractivity contribution in [2.24, 2.45) is 23.7 Å². The second kappa shape index (κ2) is 2.83. The molecule has 3 aliphatic rings. The fraction of sp³-hybridized carbons (Fsp3) is 0.917. The molecule has 0 aromatic carbocycles. The van der Waals surface area contributed by atoms with Crippen LogP contribution in [0.1, 0.15) is 44.9 Å². The Balaban J connectivity index is 1.88. The van der Waals surface area contributed by atoms with Crippen LogP contribution < -0.4 is 0 Å². The summed E-state index contributed by atoms with van der Waals surface area (Å²) in [6.45, 7) is 0. The van der Waals surface area contributed by atoms with Gasteiger partial charge in [-0.15, -0.1) is 0 Å². The van der Waals surface area contributed by atoms with Crippen molar-refractivity contribution in [1.82, 2.24) is 0 Å². The second-order valence-electron chi connectivity index (χ2n) is 5.23. The highest BCUT2D eigenvalue weighted by Crippen LogP contribution is 2.52. The van der Waals surface area contributed by atoms with E-state index in [1.165, 1.54) is 38.5 Å². The Morgan fingerprint density at radius 1 is 0.923 bits per heavy atom. The van der Waals surface area contributed by atoms with Crippen LogP contribution in [0, 0.1) is 23.7 Å². The molecule has 0 aromatic heterocycles. The van der Waals surface area contributed by atoms with Crippen LogP contribution in [0.5, 0.6) is 0 Å². The average molecular weight is 178 g/mol. The molecular weight excluding hydrogens is 160 g/mol. The third kappa shape index (κ3) is 1.09. The van der Waals surface area contributed by atoms with Crippen molar-refractivity contribution in [3.8, 4) is 0 Å². The van der Waals surface area contributed by atoms with Crippen molar-refractivity contribution in [3.05, 3.63) is 0 Å². The van der Waals surface area contributed by atoms with Crippen LogP contribution in [-0.2, 0) is 4.79 Å². The Hall–Kier alpha value is -0.330. The van der Waals surface area contributed by atoms with Gasteiger partial charge < -0.3 is 0 Å². The van der Waals surface area contributed by atoms with Gasteiger partial charge in [-0.3, -0.25) is 4.79 Å². The molecule has 0 saturated heterocycles. The quantitative estimate of drug-likeness (QED) is 0.557. The van der Waals surface area contributed by atoms with Gasteiger partial charge in [-0.2, -0.15) is 0 Å². The van der Waals surface area contributed by atoms with Gasteiger partial charge in [-0.05, 0) is 43.4 Å². The summed E-state index contributed by atoms with van der Waals surface area (Å²) in [6, 6.07) is 0. The number of ketones is 1. The Morgan fingerprint density at radius 3 is 2.62 bits per heavy atom. The van der Waals surface area contributed by atoms with Crippen LogP contribution in [0.4, 0.5) is 0 Å². The van der Waals surface area contributed by atoms with Crippen molar-refractivity contribution < 1.29 is 4.79 Å². The maximum atomic E-state index is 11.8. The van der Waals surface area contributed by atoms with Crippen molar-refractivity contribution >= 4 is 5.78 Å². The summed E-state index contributed by atoms with van der Waals surface area (Å²) in [7, 11) is 0. The average Bonchev–Trinajstić information content (AvgIpc) is 2.66. The van der Waals surface area contributed by atoms with E-state index in [0.29, 0.717) is 11.7 Å². The van der Waals surface area contributed by atoms with E-state index >= 15 is 0 Å². The lowest BCUT2D eigenvalue weighted by Gasteiger charge is -2.35. The molecule has 0 aliphatic heterocycles. The Morgan fingerprint density at radius 2 is 1.69 bits per heavy atom. The third-order valence-corrected chi connectivity index (χ3v) is 4.71. The first-order valence-electron chi connectivity index (χ1n) is 5.89. The van der Waals surface area contributed by atoms with Crippen molar-refractivity contribution in [2.75, 3.05) is 0 Å². The minimum Gasteiger partial charge on any atom is -0.299 e. The first-order chi connectivity index (χ1) is 6.36. The molecular formula is C12H18O. The van der Waals surface area contributed by atoms with Gasteiger partial charge in [0.2, 0.25) is 0 Å². The Labute approximate surface area is 79.9 Å². The van der Waals surface area contributed by atoms with E-state index in [-0.39, 0.29) is 0 Å². The molecule has 0 aromatic rings. The van der Waals surface area contributed by atoms with Crippen LogP contribution in [0.15, 0.2) is 0 Å². The number of Topliss-reactive ketones (excluding diaryl/α,β-unsaturated/α-hetero) is 1. The largest absolute Gasteiger partial charge is 0.299 e. The van der Waals surface area contributed by atoms with Crippen LogP contribution in [-0.4, -0.2) is 5.78 Å². The summed E-state index contributed by atoms with van der Waals surface area (Å²) < 4.78 is 0. The number of carbonyl (C=O) groups excluding carboxylic acids is 1. The number of hydrogen-bond donors (Lipinski definition) is 0. The van der Waals surface area contributed by atoms with Gasteiger partial charge in [0.15, 0.2) is 0 Å². The number of fused-ring (bicyclic) bond motifs is 3. The van der Waals surface area contributed by atoms with Crippen LogP contribution >= 0.6 is 0 Å². The molecule has 72 valence electrons. The first kappa shape index (κ1) is 8.02. The molecule has 0 amide bonds. The Kier molecular flexibility index (Phi) is 1.75. The maximum absolute atomic E-state index is 11.8. The van der Waals surface area contributed by atoms with Crippen LogP contribution in [0.25, 0.3) is 0 Å². The van der Waals surface area contributed by atoms with Gasteiger partial charge in [0.1, 0.15) is 5.78 Å². The lowest BCUT2D eigenvalue weighted by molar-refractivity contribution is -0.129. The Bertz CT molecular complexity index is 233. The lowest BCUT2D eigenvalue weighted by Crippen LogP contribution is -2.35. The van der Waals surface area contributed by atoms with Crippen molar-refractivity contribution in [1.29, 1.82) is 0 Å². The van der Waals surface area contributed by atoms with E-state index in [4.69, 9.17) is 0 Å². The summed E-state index contributed by atoms with van der Waals surface area (Å²) in [6.07, 6.45) is 9.00. The van der Waals surface area contributed by atoms with E-state index in [1.807, 2.05) is 0 Å². The predicted octanol–water partition coefficient (Wildman–Crippen LogP) is 2.79. The van der Waals surface area contributed by atoms with E-state index in [2.05, 4.69) is 0 Å². The SMILES string of the molecule is O=C1C[C@H]2CCC[C@H]2[C@@H]2CCC[C@@H]12. The van der Waals surface area contributed by atoms with Crippen LogP contribution in [0.2, 0.25) is 0 Å². The maximum Gasteiger partial charge on any atom is 0.136 e. The summed E-state index contributed by atoms with van der Waals surface area (Å²) in [5.41, 5.74) is 0. The number of carbonyl (C=O) groups is 1. The summed E-state index contributed by atoms with van der Waals surface area (Å²) >= 11 is 0. The molecule has 1 nitrogen and oxygen atoms in total. The minimum absolute atomic E-state index is 0.499. The summed E-state index contributed by atoms with van der Waals surface area (Å²) in [4.78, 5) is 11.8. The van der Waals surface area contributed by atoms with Crippen LogP contribution in [0.3, 0.4) is 0 Å². The molecule has 3 rings (SSSR count). The van der Waals surface area contributed by atoms with Gasteiger partial charge in [-0.1, -0.05) is 12.8 Å². The highest BCUT2D eigenvalue weighted by molar-refractivity contribution is 5.82.